The maximum Gasteiger partial charge on any atom is 0.303 e. The molecule has 5 heteroatoms. The Kier molecular flexibility index (Phi) is 11.2. The molecule has 1 N–H and O–H groups in total. The van der Waals surface area contributed by atoms with E-state index in [4.69, 9.17) is 4.74 Å². The zero-order valence-electron chi connectivity index (χ0n) is 31.8. The standard InChI is InChI=1S/C48H50N2O3/c1-31(2)35-18-22-38(23-19-35)44(39-24-20-36(21-25-39)32(3)4)45(47(52)50-43-17-11-13-40-14-12-30-49-46(40)43)48(53-34(7)51,41-15-9-8-10-16-41)42-28-26-37(27-29-42)33(5)6/h8-33,44-45H,1-7H3,(H,50,52). The number of amides is 1. The minimum Gasteiger partial charge on any atom is -0.449 e. The summed E-state index contributed by atoms with van der Waals surface area (Å²) in [5.74, 6) is -1.39. The highest BCUT2D eigenvalue weighted by molar-refractivity contribution is 6.02. The van der Waals surface area contributed by atoms with Crippen molar-refractivity contribution in [1.82, 2.24) is 4.98 Å². The van der Waals surface area contributed by atoms with Crippen LogP contribution in [0.3, 0.4) is 0 Å². The molecule has 0 spiro atoms. The van der Waals surface area contributed by atoms with Crippen LogP contribution in [0.1, 0.15) is 111 Å². The zero-order chi connectivity index (χ0) is 37.7. The molecule has 6 aromatic rings. The van der Waals surface area contributed by atoms with E-state index in [1.165, 1.54) is 18.1 Å². The van der Waals surface area contributed by atoms with Crippen LogP contribution in [-0.2, 0) is 19.9 Å². The predicted molar refractivity (Wildman–Crippen MR) is 216 cm³/mol. The summed E-state index contributed by atoms with van der Waals surface area (Å²) in [6, 6.07) is 44.6. The highest BCUT2D eigenvalue weighted by Gasteiger charge is 2.53. The first-order valence-electron chi connectivity index (χ1n) is 18.7. The van der Waals surface area contributed by atoms with E-state index in [2.05, 4.69) is 113 Å². The fourth-order valence-electron chi connectivity index (χ4n) is 7.48. The van der Waals surface area contributed by atoms with Crippen LogP contribution in [0.5, 0.6) is 0 Å². The number of carbonyl (C=O) groups excluding carboxylic acids is 2. The maximum atomic E-state index is 15.7. The number of ether oxygens (including phenoxy) is 1. The average molecular weight is 703 g/mol. The maximum absolute atomic E-state index is 15.7. The molecule has 2 atom stereocenters. The molecule has 53 heavy (non-hydrogen) atoms. The molecule has 0 radical (unpaired) electrons. The summed E-state index contributed by atoms with van der Waals surface area (Å²) in [6.45, 7) is 14.4. The molecule has 0 aliphatic rings. The molecular formula is C48H50N2O3. The molecule has 5 aromatic carbocycles. The lowest BCUT2D eigenvalue weighted by Gasteiger charge is -2.44. The Hall–Kier alpha value is -5.55. The Morgan fingerprint density at radius 1 is 0.566 bits per heavy atom. The number of pyridine rings is 1. The van der Waals surface area contributed by atoms with Gasteiger partial charge in [-0.3, -0.25) is 14.6 Å². The van der Waals surface area contributed by atoms with E-state index in [-0.39, 0.29) is 11.8 Å². The van der Waals surface area contributed by atoms with Gasteiger partial charge in [-0.1, -0.05) is 163 Å². The Balaban J connectivity index is 1.70. The highest BCUT2D eigenvalue weighted by atomic mass is 16.6. The zero-order valence-corrected chi connectivity index (χ0v) is 31.8. The first-order chi connectivity index (χ1) is 25.5. The van der Waals surface area contributed by atoms with Gasteiger partial charge in [-0.25, -0.2) is 0 Å². The number of hydrogen-bond acceptors (Lipinski definition) is 4. The third-order valence-electron chi connectivity index (χ3n) is 10.4. The van der Waals surface area contributed by atoms with Gasteiger partial charge in [-0.2, -0.15) is 0 Å². The monoisotopic (exact) mass is 702 g/mol. The fraction of sp³-hybridized carbons (Fsp3) is 0.271. The van der Waals surface area contributed by atoms with Crippen molar-refractivity contribution < 1.29 is 14.3 Å². The number of aromatic nitrogens is 1. The van der Waals surface area contributed by atoms with Crippen molar-refractivity contribution in [3.8, 4) is 0 Å². The summed E-state index contributed by atoms with van der Waals surface area (Å²) in [7, 11) is 0. The summed E-state index contributed by atoms with van der Waals surface area (Å²) >= 11 is 0. The van der Waals surface area contributed by atoms with Crippen molar-refractivity contribution in [2.75, 3.05) is 5.32 Å². The number of rotatable bonds is 12. The van der Waals surface area contributed by atoms with Gasteiger partial charge in [0.1, 0.15) is 0 Å². The van der Waals surface area contributed by atoms with Crippen molar-refractivity contribution in [3.63, 3.8) is 0 Å². The molecule has 0 bridgehead atoms. The lowest BCUT2D eigenvalue weighted by molar-refractivity contribution is -0.162. The lowest BCUT2D eigenvalue weighted by Crippen LogP contribution is -2.49. The van der Waals surface area contributed by atoms with Crippen LogP contribution in [-0.4, -0.2) is 16.9 Å². The number of carbonyl (C=O) groups is 2. The second-order valence-corrected chi connectivity index (χ2v) is 14.9. The number of esters is 1. The SMILES string of the molecule is CC(=O)OC(c1ccccc1)(c1ccc(C(C)C)cc1)C(C(=O)Nc1cccc2cccnc12)C(c1ccc(C(C)C)cc1)c1ccc(C(C)C)cc1. The summed E-state index contributed by atoms with van der Waals surface area (Å²) in [5.41, 5.74) is 6.54. The first-order valence-corrected chi connectivity index (χ1v) is 18.7. The number of fused-ring (bicyclic) bond motifs is 1. The minimum absolute atomic E-state index is 0.286. The van der Waals surface area contributed by atoms with Crippen LogP contribution >= 0.6 is 0 Å². The number of hydrogen-bond donors (Lipinski definition) is 1. The summed E-state index contributed by atoms with van der Waals surface area (Å²) in [4.78, 5) is 34.0. The van der Waals surface area contributed by atoms with Crippen LogP contribution in [0.4, 0.5) is 5.69 Å². The molecule has 0 aliphatic heterocycles. The van der Waals surface area contributed by atoms with Crippen LogP contribution in [0.2, 0.25) is 0 Å². The van der Waals surface area contributed by atoms with Gasteiger partial charge in [0.25, 0.3) is 0 Å². The van der Waals surface area contributed by atoms with Gasteiger partial charge >= 0.3 is 5.97 Å². The molecule has 0 aliphatic carbocycles. The molecule has 270 valence electrons. The summed E-state index contributed by atoms with van der Waals surface area (Å²) in [6.07, 6.45) is 1.73. The average Bonchev–Trinajstić information content (AvgIpc) is 3.16. The molecule has 0 fully saturated rings. The number of nitrogens with one attached hydrogen (secondary N) is 1. The van der Waals surface area contributed by atoms with Crippen LogP contribution in [0, 0.1) is 5.92 Å². The molecule has 6 rings (SSSR count). The number of anilines is 1. The van der Waals surface area contributed by atoms with Crippen molar-refractivity contribution in [1.29, 1.82) is 0 Å². The molecule has 1 aromatic heterocycles. The van der Waals surface area contributed by atoms with E-state index in [0.717, 1.165) is 22.1 Å². The Bertz CT molecular complexity index is 2100. The number of benzene rings is 5. The minimum atomic E-state index is -1.55. The van der Waals surface area contributed by atoms with Gasteiger partial charge in [-0.15, -0.1) is 0 Å². The van der Waals surface area contributed by atoms with Crippen LogP contribution in [0.15, 0.2) is 140 Å². The summed E-state index contributed by atoms with van der Waals surface area (Å²) in [5, 5.41) is 4.23. The van der Waals surface area contributed by atoms with Crippen molar-refractivity contribution in [3.05, 3.63) is 179 Å². The van der Waals surface area contributed by atoms with Crippen molar-refractivity contribution in [2.45, 2.75) is 77.7 Å². The van der Waals surface area contributed by atoms with Gasteiger partial charge < -0.3 is 10.1 Å². The highest BCUT2D eigenvalue weighted by Crippen LogP contribution is 2.50. The van der Waals surface area contributed by atoms with Gasteiger partial charge in [0.2, 0.25) is 5.91 Å². The topological polar surface area (TPSA) is 68.3 Å². The third-order valence-corrected chi connectivity index (χ3v) is 10.4. The molecule has 2 unspecified atom stereocenters. The van der Waals surface area contributed by atoms with Gasteiger partial charge in [0.15, 0.2) is 5.60 Å². The second kappa shape index (κ2) is 16.0. The molecule has 1 amide bonds. The normalized spacial score (nSPS) is 13.3. The van der Waals surface area contributed by atoms with Crippen LogP contribution < -0.4 is 5.32 Å². The van der Waals surface area contributed by atoms with Gasteiger partial charge in [0.05, 0.1) is 17.1 Å². The second-order valence-electron chi connectivity index (χ2n) is 14.9. The van der Waals surface area contributed by atoms with E-state index in [1.807, 2.05) is 72.8 Å². The van der Waals surface area contributed by atoms with E-state index in [0.29, 0.717) is 34.2 Å². The van der Waals surface area contributed by atoms with Gasteiger partial charge in [0, 0.05) is 35.6 Å². The predicted octanol–water partition coefficient (Wildman–Crippen LogP) is 11.5. The summed E-state index contributed by atoms with van der Waals surface area (Å²) < 4.78 is 6.75. The van der Waals surface area contributed by atoms with Crippen molar-refractivity contribution >= 4 is 28.5 Å². The van der Waals surface area contributed by atoms with E-state index >= 15 is 4.79 Å². The third kappa shape index (κ3) is 7.80. The van der Waals surface area contributed by atoms with Gasteiger partial charge in [-0.05, 0) is 57.7 Å². The molecular weight excluding hydrogens is 653 g/mol. The van der Waals surface area contributed by atoms with Crippen molar-refractivity contribution in [2.24, 2.45) is 5.92 Å². The number of para-hydroxylation sites is 1. The largest absolute Gasteiger partial charge is 0.449 e. The number of nitrogens with zero attached hydrogens (tertiary/aromatic N) is 1. The Morgan fingerprint density at radius 3 is 1.55 bits per heavy atom. The molecule has 1 heterocycles. The fourth-order valence-corrected chi connectivity index (χ4v) is 7.48. The molecule has 5 nitrogen and oxygen atoms in total. The van der Waals surface area contributed by atoms with E-state index in [9.17, 15) is 4.79 Å². The smallest absolute Gasteiger partial charge is 0.303 e. The van der Waals surface area contributed by atoms with E-state index < -0.39 is 23.4 Å². The Morgan fingerprint density at radius 2 is 1.04 bits per heavy atom. The lowest BCUT2D eigenvalue weighted by atomic mass is 9.65. The first kappa shape index (κ1) is 37.2. The quantitative estimate of drug-likeness (QED) is 0.129. The van der Waals surface area contributed by atoms with E-state index in [1.54, 1.807) is 6.20 Å². The molecule has 0 saturated carbocycles. The Labute approximate surface area is 314 Å². The molecule has 0 saturated heterocycles. The van der Waals surface area contributed by atoms with Crippen LogP contribution in [0.25, 0.3) is 10.9 Å².